The van der Waals surface area contributed by atoms with Crippen molar-refractivity contribution < 1.29 is 24.2 Å². The highest BCUT2D eigenvalue weighted by Crippen LogP contribution is 2.28. The van der Waals surface area contributed by atoms with E-state index in [1.165, 1.54) is 22.7 Å². The Morgan fingerprint density at radius 3 is 2.78 bits per heavy atom. The van der Waals surface area contributed by atoms with Gasteiger partial charge in [0.2, 0.25) is 5.91 Å². The number of nitrogens with one attached hydrogen (secondary N) is 1. The second-order valence-electron chi connectivity index (χ2n) is 5.71. The standard InChI is InChI=1S/C18H16N2O5S2/c21-14(19-7-8-20-15(22)10-27-18(20)26)9-25-17(24)13-6-5-11-3-1-2-4-12(11)16(13)23/h1-6,23H,7-10H2,(H,19,21). The maximum Gasteiger partial charge on any atom is 0.342 e. The van der Waals surface area contributed by atoms with Crippen LogP contribution in [0.15, 0.2) is 36.4 Å². The maximum atomic E-state index is 12.1. The van der Waals surface area contributed by atoms with Crippen molar-refractivity contribution in [2.45, 2.75) is 0 Å². The van der Waals surface area contributed by atoms with Crippen LogP contribution in [0.1, 0.15) is 10.4 Å². The van der Waals surface area contributed by atoms with Crippen LogP contribution in [0.4, 0.5) is 0 Å². The minimum atomic E-state index is -0.791. The monoisotopic (exact) mass is 404 g/mol. The number of phenols is 1. The van der Waals surface area contributed by atoms with Crippen LogP contribution in [0.2, 0.25) is 0 Å². The summed E-state index contributed by atoms with van der Waals surface area (Å²) in [5, 5.41) is 14.1. The van der Waals surface area contributed by atoms with E-state index >= 15 is 0 Å². The topological polar surface area (TPSA) is 95.9 Å². The largest absolute Gasteiger partial charge is 0.506 e. The lowest BCUT2D eigenvalue weighted by Crippen LogP contribution is -2.38. The van der Waals surface area contributed by atoms with Crippen molar-refractivity contribution in [1.82, 2.24) is 10.2 Å². The molecule has 1 fully saturated rings. The van der Waals surface area contributed by atoms with Gasteiger partial charge in [0.1, 0.15) is 15.6 Å². The van der Waals surface area contributed by atoms with Crippen molar-refractivity contribution in [1.29, 1.82) is 0 Å². The molecule has 0 unspecified atom stereocenters. The van der Waals surface area contributed by atoms with Gasteiger partial charge in [0.15, 0.2) is 6.61 Å². The lowest BCUT2D eigenvalue weighted by molar-refractivity contribution is -0.126. The molecule has 0 radical (unpaired) electrons. The van der Waals surface area contributed by atoms with Gasteiger partial charge in [-0.1, -0.05) is 54.3 Å². The Morgan fingerprint density at radius 2 is 2.04 bits per heavy atom. The predicted molar refractivity (Wildman–Crippen MR) is 106 cm³/mol. The van der Waals surface area contributed by atoms with Gasteiger partial charge in [-0.15, -0.1) is 0 Å². The fourth-order valence-electron chi connectivity index (χ4n) is 2.58. The van der Waals surface area contributed by atoms with Gasteiger partial charge in [-0.05, 0) is 11.5 Å². The minimum absolute atomic E-state index is 0.00784. The van der Waals surface area contributed by atoms with E-state index in [0.29, 0.717) is 15.5 Å². The van der Waals surface area contributed by atoms with E-state index in [0.717, 1.165) is 5.39 Å². The Bertz CT molecular complexity index is 915. The highest BCUT2D eigenvalue weighted by atomic mass is 32.2. The molecule has 2 aromatic rings. The highest BCUT2D eigenvalue weighted by molar-refractivity contribution is 8.23. The van der Waals surface area contributed by atoms with E-state index in [4.69, 9.17) is 17.0 Å². The molecule has 1 aliphatic heterocycles. The maximum absolute atomic E-state index is 12.1. The molecule has 0 saturated carbocycles. The van der Waals surface area contributed by atoms with Crippen LogP contribution in [-0.2, 0) is 14.3 Å². The van der Waals surface area contributed by atoms with Crippen LogP contribution in [0.5, 0.6) is 5.75 Å². The van der Waals surface area contributed by atoms with Gasteiger partial charge in [0, 0.05) is 18.5 Å². The number of fused-ring (bicyclic) bond motifs is 1. The highest BCUT2D eigenvalue weighted by Gasteiger charge is 2.26. The molecule has 0 atom stereocenters. The van der Waals surface area contributed by atoms with Crippen LogP contribution >= 0.6 is 24.0 Å². The van der Waals surface area contributed by atoms with Crippen molar-refractivity contribution in [3.05, 3.63) is 42.0 Å². The summed E-state index contributed by atoms with van der Waals surface area (Å²) in [6.07, 6.45) is 0. The molecule has 9 heteroatoms. The SMILES string of the molecule is O=C(COC(=O)c1ccc2ccccc2c1O)NCCN1C(=O)CSC1=S. The predicted octanol–water partition coefficient (Wildman–Crippen LogP) is 1.68. The van der Waals surface area contributed by atoms with Crippen molar-refractivity contribution in [2.24, 2.45) is 0 Å². The van der Waals surface area contributed by atoms with Crippen molar-refractivity contribution >= 4 is 56.9 Å². The van der Waals surface area contributed by atoms with Gasteiger partial charge in [0.05, 0.1) is 5.75 Å². The van der Waals surface area contributed by atoms with Crippen LogP contribution < -0.4 is 5.32 Å². The minimum Gasteiger partial charge on any atom is -0.506 e. The summed E-state index contributed by atoms with van der Waals surface area (Å²) < 4.78 is 5.46. The number of phenolic OH excluding ortho intramolecular Hbond substituents is 1. The molecule has 0 aliphatic carbocycles. The molecular weight excluding hydrogens is 388 g/mol. The summed E-state index contributed by atoms with van der Waals surface area (Å²) in [6.45, 7) is -0.0158. The smallest absolute Gasteiger partial charge is 0.342 e. The number of amides is 2. The quantitative estimate of drug-likeness (QED) is 0.559. The molecule has 1 aliphatic rings. The number of benzene rings is 2. The Balaban J connectivity index is 1.50. The van der Waals surface area contributed by atoms with Gasteiger partial charge < -0.3 is 15.2 Å². The lowest BCUT2D eigenvalue weighted by Gasteiger charge is -2.15. The molecular formula is C18H16N2O5S2. The first-order valence-electron chi connectivity index (χ1n) is 8.09. The molecule has 2 aromatic carbocycles. The average Bonchev–Trinajstić information content (AvgIpc) is 2.98. The molecule has 1 saturated heterocycles. The first kappa shape index (κ1) is 19.1. The number of esters is 1. The molecule has 3 rings (SSSR count). The van der Waals surface area contributed by atoms with Crippen molar-refractivity contribution in [3.63, 3.8) is 0 Å². The van der Waals surface area contributed by atoms with E-state index in [-0.39, 0.29) is 30.3 Å². The first-order valence-corrected chi connectivity index (χ1v) is 9.48. The van der Waals surface area contributed by atoms with Crippen LogP contribution in [0.3, 0.4) is 0 Å². The summed E-state index contributed by atoms with van der Waals surface area (Å²) in [5.74, 6) is -1.25. The van der Waals surface area contributed by atoms with E-state index < -0.39 is 18.5 Å². The van der Waals surface area contributed by atoms with E-state index in [1.807, 2.05) is 12.1 Å². The van der Waals surface area contributed by atoms with Crippen LogP contribution in [-0.4, -0.2) is 57.6 Å². The zero-order valence-electron chi connectivity index (χ0n) is 14.1. The zero-order valence-corrected chi connectivity index (χ0v) is 15.8. The number of aromatic hydroxyl groups is 1. The number of rotatable bonds is 6. The fraction of sp³-hybridized carbons (Fsp3) is 0.222. The Morgan fingerprint density at radius 1 is 1.26 bits per heavy atom. The Labute approximate surface area is 164 Å². The first-order chi connectivity index (χ1) is 13.0. The van der Waals surface area contributed by atoms with Gasteiger partial charge in [-0.3, -0.25) is 14.5 Å². The van der Waals surface area contributed by atoms with Gasteiger partial charge in [-0.25, -0.2) is 4.79 Å². The summed E-state index contributed by atoms with van der Waals surface area (Å²) in [4.78, 5) is 37.0. The normalized spacial score (nSPS) is 13.9. The molecule has 0 bridgehead atoms. The molecule has 1 heterocycles. The number of thiocarbonyl (C=S) groups is 1. The van der Waals surface area contributed by atoms with Crippen LogP contribution in [0.25, 0.3) is 10.8 Å². The molecule has 2 N–H and O–H groups in total. The van der Waals surface area contributed by atoms with Gasteiger partial charge in [-0.2, -0.15) is 0 Å². The van der Waals surface area contributed by atoms with Crippen molar-refractivity contribution in [3.8, 4) is 5.75 Å². The molecule has 2 amide bonds. The summed E-state index contributed by atoms with van der Waals surface area (Å²) >= 11 is 6.33. The molecule has 0 spiro atoms. The summed E-state index contributed by atoms with van der Waals surface area (Å²) in [7, 11) is 0. The molecule has 27 heavy (non-hydrogen) atoms. The number of hydrogen-bond acceptors (Lipinski definition) is 7. The van der Waals surface area contributed by atoms with Gasteiger partial charge in [0.25, 0.3) is 5.91 Å². The number of carbonyl (C=O) groups excluding carboxylic acids is 3. The Hall–Kier alpha value is -2.65. The third-order valence-corrected chi connectivity index (χ3v) is 5.39. The average molecular weight is 404 g/mol. The number of carbonyl (C=O) groups is 3. The summed E-state index contributed by atoms with van der Waals surface area (Å²) in [5.41, 5.74) is -0.00784. The molecule has 140 valence electrons. The number of hydrogen-bond donors (Lipinski definition) is 2. The third-order valence-electron chi connectivity index (χ3n) is 3.95. The number of thioether (sulfide) groups is 1. The molecule has 7 nitrogen and oxygen atoms in total. The van der Waals surface area contributed by atoms with E-state index in [9.17, 15) is 19.5 Å². The second-order valence-corrected chi connectivity index (χ2v) is 7.32. The fourth-order valence-corrected chi connectivity index (χ4v) is 3.71. The van der Waals surface area contributed by atoms with Crippen molar-refractivity contribution in [2.75, 3.05) is 25.4 Å². The van der Waals surface area contributed by atoms with Gasteiger partial charge >= 0.3 is 5.97 Å². The lowest BCUT2D eigenvalue weighted by atomic mass is 10.1. The summed E-state index contributed by atoms with van der Waals surface area (Å²) in [6, 6.07) is 10.2. The number of nitrogens with zero attached hydrogens (tertiary/aromatic N) is 1. The third kappa shape index (κ3) is 4.37. The van der Waals surface area contributed by atoms with E-state index in [2.05, 4.69) is 5.32 Å². The molecule has 0 aromatic heterocycles. The Kier molecular flexibility index (Phi) is 5.92. The zero-order chi connectivity index (χ0) is 19.4. The van der Waals surface area contributed by atoms with Crippen LogP contribution in [0, 0.1) is 0 Å². The second kappa shape index (κ2) is 8.36. The van der Waals surface area contributed by atoms with E-state index in [1.54, 1.807) is 18.2 Å². The number of ether oxygens (including phenoxy) is 1.